The number of carbonyl (C=O) groups excluding carboxylic acids is 2. The molecule has 0 aliphatic heterocycles. The van der Waals surface area contributed by atoms with Gasteiger partial charge in [-0.25, -0.2) is 9.13 Å². The molecule has 2 aromatic rings. The molecule has 3 rings (SSSR count). The molecule has 0 amide bonds. The van der Waals surface area contributed by atoms with Crippen LogP contribution in [0.4, 0.5) is 0 Å². The Hall–Kier alpha value is -2.08. The minimum Gasteiger partial charge on any atom is -0.313 e. The van der Waals surface area contributed by atoms with Gasteiger partial charge in [-0.15, -0.1) is 0 Å². The monoisotopic (exact) mass is 518 g/mol. The third-order valence-electron chi connectivity index (χ3n) is 4.28. The van der Waals surface area contributed by atoms with Crippen LogP contribution in [0.2, 0.25) is 0 Å². The zero-order chi connectivity index (χ0) is 26.1. The second-order valence-corrected chi connectivity index (χ2v) is 9.50. The van der Waals surface area contributed by atoms with Crippen LogP contribution >= 0.6 is 15.6 Å². The summed E-state index contributed by atoms with van der Waals surface area (Å²) in [6.45, 7) is 2.66. The highest BCUT2D eigenvalue weighted by Crippen LogP contribution is 2.28. The summed E-state index contributed by atoms with van der Waals surface area (Å²) in [6, 6.07) is 12.6. The van der Waals surface area contributed by atoms with Crippen LogP contribution in [0, 0.1) is 0 Å². The Labute approximate surface area is 196 Å². The smallest absolute Gasteiger partial charge is 0.313 e. The van der Waals surface area contributed by atoms with Crippen LogP contribution in [-0.2, 0) is 15.7 Å². The fraction of sp³-hybridized carbons (Fsp3) is 0.300. The zero-order valence-electron chi connectivity index (χ0n) is 18.5. The van der Waals surface area contributed by atoms with Gasteiger partial charge in [0.1, 0.15) is 0 Å². The molecule has 2 aromatic carbocycles. The molecule has 0 bridgehead atoms. The van der Waals surface area contributed by atoms with Gasteiger partial charge >= 0.3 is 15.6 Å². The van der Waals surface area contributed by atoms with E-state index in [1.54, 1.807) is 30.3 Å². The van der Waals surface area contributed by atoms with Crippen molar-refractivity contribution in [1.29, 1.82) is 0 Å². The van der Waals surface area contributed by atoms with Crippen LogP contribution in [0.3, 0.4) is 0 Å². The summed E-state index contributed by atoms with van der Waals surface area (Å²) < 4.78 is 17.8. The van der Waals surface area contributed by atoms with Gasteiger partial charge in [-0.3, -0.25) is 9.59 Å². The number of phosphoric acid groups is 2. The quantitative estimate of drug-likeness (QED) is 0.177. The fourth-order valence-electron chi connectivity index (χ4n) is 3.01. The molecular formula is C20H28N2O10P2. The van der Waals surface area contributed by atoms with Crippen LogP contribution in [0.25, 0.3) is 0 Å². The van der Waals surface area contributed by atoms with Crippen LogP contribution in [0.1, 0.15) is 43.8 Å². The molecule has 0 spiro atoms. The third-order valence-corrected chi connectivity index (χ3v) is 4.28. The highest BCUT2D eigenvalue weighted by Gasteiger charge is 2.29. The molecule has 0 aromatic heterocycles. The maximum Gasteiger partial charge on any atom is 0.466 e. The van der Waals surface area contributed by atoms with Crippen molar-refractivity contribution < 1.29 is 48.1 Å². The van der Waals surface area contributed by atoms with Crippen molar-refractivity contribution in [1.82, 2.24) is 10.2 Å². The Kier molecular flexibility index (Phi) is 11.6. The molecule has 0 heterocycles. The van der Waals surface area contributed by atoms with Crippen molar-refractivity contribution in [2.45, 2.75) is 13.0 Å². The molecule has 7 N–H and O–H groups in total. The number of hydrogen-bond donors (Lipinski definition) is 7. The van der Waals surface area contributed by atoms with E-state index in [1.807, 2.05) is 12.1 Å². The van der Waals surface area contributed by atoms with Crippen molar-refractivity contribution in [2.75, 3.05) is 27.2 Å². The Morgan fingerprint density at radius 3 is 1.68 bits per heavy atom. The van der Waals surface area contributed by atoms with Gasteiger partial charge < -0.3 is 39.6 Å². The molecule has 1 aliphatic rings. The molecule has 0 saturated carbocycles. The molecule has 0 radical (unpaired) electrons. The molecule has 34 heavy (non-hydrogen) atoms. The molecule has 0 unspecified atom stereocenters. The zero-order valence-corrected chi connectivity index (χ0v) is 20.3. The number of fused-ring (bicyclic) bond motifs is 2. The van der Waals surface area contributed by atoms with Crippen LogP contribution < -0.4 is 5.32 Å². The second-order valence-electron chi connectivity index (χ2n) is 7.44. The van der Waals surface area contributed by atoms with Gasteiger partial charge in [0.05, 0.1) is 0 Å². The lowest BCUT2D eigenvalue weighted by molar-refractivity contribution is 0.0979. The topological polar surface area (TPSA) is 205 Å². The maximum atomic E-state index is 12.7. The van der Waals surface area contributed by atoms with E-state index in [2.05, 4.69) is 24.3 Å². The van der Waals surface area contributed by atoms with Gasteiger partial charge in [0.2, 0.25) is 0 Å². The predicted molar refractivity (Wildman–Crippen MR) is 123 cm³/mol. The van der Waals surface area contributed by atoms with E-state index >= 15 is 0 Å². The lowest BCUT2D eigenvalue weighted by Gasteiger charge is -2.18. The van der Waals surface area contributed by atoms with Crippen LogP contribution in [-0.4, -0.2) is 73.0 Å². The van der Waals surface area contributed by atoms with Gasteiger partial charge in [-0.05, 0) is 51.3 Å². The Bertz CT molecular complexity index is 1060. The summed E-state index contributed by atoms with van der Waals surface area (Å²) >= 11 is 0. The highest BCUT2D eigenvalue weighted by atomic mass is 31.2. The maximum absolute atomic E-state index is 12.7. The number of ketones is 2. The van der Waals surface area contributed by atoms with Gasteiger partial charge in [0.15, 0.2) is 11.6 Å². The SMILES string of the molecule is CN(C)CCCNCc1ccc2c(c1)C(=O)c1ccccc1C2=O.O=P(O)(O)O.O=P(O)(O)O. The van der Waals surface area contributed by atoms with E-state index in [-0.39, 0.29) is 11.6 Å². The molecular weight excluding hydrogens is 490 g/mol. The van der Waals surface area contributed by atoms with Crippen molar-refractivity contribution in [3.8, 4) is 0 Å². The summed E-state index contributed by atoms with van der Waals surface area (Å²) in [5, 5.41) is 3.39. The average Bonchev–Trinajstić information content (AvgIpc) is 2.69. The van der Waals surface area contributed by atoms with E-state index in [0.29, 0.717) is 28.8 Å². The van der Waals surface area contributed by atoms with Crippen molar-refractivity contribution in [2.24, 2.45) is 0 Å². The van der Waals surface area contributed by atoms with Crippen molar-refractivity contribution in [3.63, 3.8) is 0 Å². The Balaban J connectivity index is 0.000000489. The van der Waals surface area contributed by atoms with Crippen molar-refractivity contribution in [3.05, 3.63) is 70.3 Å². The third kappa shape index (κ3) is 11.9. The minimum absolute atomic E-state index is 0.0605. The highest BCUT2D eigenvalue weighted by molar-refractivity contribution is 7.45. The number of carbonyl (C=O) groups is 2. The Morgan fingerprint density at radius 1 is 0.765 bits per heavy atom. The summed E-state index contributed by atoms with van der Waals surface area (Å²) in [7, 11) is -5.16. The summed E-state index contributed by atoms with van der Waals surface area (Å²) in [5.74, 6) is -0.125. The molecule has 0 saturated heterocycles. The fourth-order valence-corrected chi connectivity index (χ4v) is 3.01. The van der Waals surface area contributed by atoms with Gasteiger partial charge in [-0.1, -0.05) is 30.3 Å². The number of nitrogens with one attached hydrogen (secondary N) is 1. The standard InChI is InChI=1S/C20H22N2O2.2H3O4P/c1-22(2)11-5-10-21-13-14-8-9-17-18(12-14)20(24)16-7-4-3-6-15(16)19(17)23;2*1-5(2,3)4/h3-4,6-9,12,21H,5,10-11,13H2,1-2H3;2*(H3,1,2,3,4). The predicted octanol–water partition coefficient (Wildman–Crippen LogP) is 0.646. The number of hydrogen-bond acceptors (Lipinski definition) is 6. The first kappa shape index (κ1) is 30.0. The minimum atomic E-state index is -4.64. The van der Waals surface area contributed by atoms with Crippen molar-refractivity contribution >= 4 is 27.2 Å². The summed E-state index contributed by atoms with van der Waals surface area (Å²) in [5.41, 5.74) is 3.07. The van der Waals surface area contributed by atoms with Gasteiger partial charge in [-0.2, -0.15) is 0 Å². The van der Waals surface area contributed by atoms with Gasteiger partial charge in [0.25, 0.3) is 0 Å². The molecule has 1 aliphatic carbocycles. The Morgan fingerprint density at radius 2 is 1.21 bits per heavy atom. The van der Waals surface area contributed by atoms with E-state index in [1.165, 1.54) is 0 Å². The summed E-state index contributed by atoms with van der Waals surface area (Å²) in [4.78, 5) is 70.5. The first-order chi connectivity index (χ1) is 15.6. The van der Waals surface area contributed by atoms with Crippen LogP contribution in [0.5, 0.6) is 0 Å². The normalized spacial score (nSPS) is 12.7. The van der Waals surface area contributed by atoms with E-state index in [0.717, 1.165) is 25.1 Å². The number of rotatable bonds is 6. The lowest BCUT2D eigenvalue weighted by atomic mass is 9.83. The number of benzene rings is 2. The summed E-state index contributed by atoms with van der Waals surface area (Å²) in [6.07, 6.45) is 1.07. The molecule has 0 fully saturated rings. The average molecular weight is 518 g/mol. The first-order valence-electron chi connectivity index (χ1n) is 9.81. The molecule has 12 nitrogen and oxygen atoms in total. The van der Waals surface area contributed by atoms with E-state index in [4.69, 9.17) is 38.5 Å². The molecule has 14 heteroatoms. The van der Waals surface area contributed by atoms with E-state index < -0.39 is 15.6 Å². The molecule has 0 atom stereocenters. The lowest BCUT2D eigenvalue weighted by Crippen LogP contribution is -2.23. The second kappa shape index (κ2) is 13.1. The van der Waals surface area contributed by atoms with E-state index in [9.17, 15) is 9.59 Å². The van der Waals surface area contributed by atoms with Gasteiger partial charge in [0, 0.05) is 28.8 Å². The molecule has 188 valence electrons. The first-order valence-corrected chi connectivity index (χ1v) is 12.9. The number of nitrogens with zero attached hydrogens (tertiary/aromatic N) is 1. The largest absolute Gasteiger partial charge is 0.466 e. The van der Waals surface area contributed by atoms with Crippen LogP contribution in [0.15, 0.2) is 42.5 Å².